The fourth-order valence-electron chi connectivity index (χ4n) is 2.96. The van der Waals surface area contributed by atoms with E-state index >= 15 is 0 Å². The average Bonchev–Trinajstić information content (AvgIpc) is 2.72. The van der Waals surface area contributed by atoms with Crippen molar-refractivity contribution in [1.29, 1.82) is 0 Å². The molecule has 138 valence electrons. The topological polar surface area (TPSA) is 64.0 Å². The fraction of sp³-hybridized carbons (Fsp3) is 0.0455. The van der Waals surface area contributed by atoms with E-state index < -0.39 is 5.91 Å². The first-order chi connectivity index (χ1) is 13.5. The average molecular weight is 390 g/mol. The molecule has 4 aromatic rings. The van der Waals surface area contributed by atoms with Gasteiger partial charge in [-0.05, 0) is 42.8 Å². The van der Waals surface area contributed by atoms with Crippen molar-refractivity contribution in [2.75, 3.05) is 5.32 Å². The van der Waals surface area contributed by atoms with E-state index in [0.29, 0.717) is 27.2 Å². The molecule has 0 fully saturated rings. The summed E-state index contributed by atoms with van der Waals surface area (Å²) in [7, 11) is 0. The minimum atomic E-state index is -0.416. The largest absolute Gasteiger partial charge is 0.321 e. The first-order valence-corrected chi connectivity index (χ1v) is 9.07. The molecule has 0 aliphatic rings. The number of carbonyl (C=O) groups is 1. The standard InChI is InChI=1S/C22H16ClN3O2/c1-14-11-12-15(13-19(14)23)24-21(27)20-17-9-5-6-10-18(17)22(28)26(25-20)16-7-3-2-4-8-16/h2-13H,1H3,(H,24,27). The van der Waals surface area contributed by atoms with Gasteiger partial charge in [0.25, 0.3) is 11.5 Å². The summed E-state index contributed by atoms with van der Waals surface area (Å²) in [5.74, 6) is -0.416. The van der Waals surface area contributed by atoms with E-state index in [1.807, 2.05) is 31.2 Å². The van der Waals surface area contributed by atoms with E-state index in [0.717, 1.165) is 5.56 Å². The van der Waals surface area contributed by atoms with Gasteiger partial charge in [0.2, 0.25) is 0 Å². The number of amides is 1. The van der Waals surface area contributed by atoms with Gasteiger partial charge < -0.3 is 5.32 Å². The number of anilines is 1. The Morgan fingerprint density at radius 3 is 2.36 bits per heavy atom. The number of benzene rings is 3. The van der Waals surface area contributed by atoms with E-state index in [4.69, 9.17) is 11.6 Å². The van der Waals surface area contributed by atoms with Crippen molar-refractivity contribution < 1.29 is 4.79 Å². The van der Waals surface area contributed by atoms with Crippen molar-refractivity contribution in [3.63, 3.8) is 0 Å². The van der Waals surface area contributed by atoms with Gasteiger partial charge in [0.15, 0.2) is 5.69 Å². The Balaban J connectivity index is 1.86. The second-order valence-corrected chi connectivity index (χ2v) is 6.77. The van der Waals surface area contributed by atoms with Crippen molar-refractivity contribution in [3.8, 4) is 5.69 Å². The van der Waals surface area contributed by atoms with Gasteiger partial charge in [-0.1, -0.05) is 54.1 Å². The number of hydrogen-bond acceptors (Lipinski definition) is 3. The molecule has 0 aliphatic carbocycles. The van der Waals surface area contributed by atoms with Crippen molar-refractivity contribution in [2.45, 2.75) is 6.92 Å². The number of aryl methyl sites for hydroxylation is 1. The smallest absolute Gasteiger partial charge is 0.279 e. The minimum Gasteiger partial charge on any atom is -0.321 e. The van der Waals surface area contributed by atoms with Crippen LogP contribution in [-0.2, 0) is 0 Å². The molecule has 0 radical (unpaired) electrons. The lowest BCUT2D eigenvalue weighted by atomic mass is 10.1. The number of aromatic nitrogens is 2. The molecule has 5 nitrogen and oxygen atoms in total. The van der Waals surface area contributed by atoms with E-state index in [1.54, 1.807) is 48.5 Å². The number of rotatable bonds is 3. The number of fused-ring (bicyclic) bond motifs is 1. The maximum Gasteiger partial charge on any atom is 0.279 e. The third-order valence-corrected chi connectivity index (χ3v) is 4.86. The Morgan fingerprint density at radius 2 is 1.64 bits per heavy atom. The molecular weight excluding hydrogens is 374 g/mol. The van der Waals surface area contributed by atoms with E-state index in [-0.39, 0.29) is 11.3 Å². The molecule has 3 aromatic carbocycles. The van der Waals surface area contributed by atoms with E-state index in [9.17, 15) is 9.59 Å². The summed E-state index contributed by atoms with van der Waals surface area (Å²) in [5, 5.41) is 8.66. The lowest BCUT2D eigenvalue weighted by molar-refractivity contribution is 0.102. The van der Waals surface area contributed by atoms with Gasteiger partial charge >= 0.3 is 0 Å². The summed E-state index contributed by atoms with van der Waals surface area (Å²) in [6.45, 7) is 1.89. The molecule has 6 heteroatoms. The van der Waals surface area contributed by atoms with Gasteiger partial charge in [0.05, 0.1) is 11.1 Å². The molecule has 0 unspecified atom stereocenters. The molecular formula is C22H16ClN3O2. The predicted octanol–water partition coefficient (Wildman–Crippen LogP) is 4.60. The molecule has 1 N–H and O–H groups in total. The Morgan fingerprint density at radius 1 is 0.964 bits per heavy atom. The van der Waals surface area contributed by atoms with Crippen LogP contribution in [0, 0.1) is 6.92 Å². The van der Waals surface area contributed by atoms with Crippen LogP contribution in [0.2, 0.25) is 5.02 Å². The van der Waals surface area contributed by atoms with Crippen LogP contribution in [0.4, 0.5) is 5.69 Å². The van der Waals surface area contributed by atoms with Gasteiger partial charge in [-0.25, -0.2) is 0 Å². The molecule has 0 atom stereocenters. The molecule has 1 amide bonds. The van der Waals surface area contributed by atoms with Crippen LogP contribution < -0.4 is 10.9 Å². The highest BCUT2D eigenvalue weighted by Gasteiger charge is 2.17. The highest BCUT2D eigenvalue weighted by Crippen LogP contribution is 2.21. The normalized spacial score (nSPS) is 10.8. The summed E-state index contributed by atoms with van der Waals surface area (Å²) in [4.78, 5) is 25.9. The zero-order chi connectivity index (χ0) is 19.7. The summed E-state index contributed by atoms with van der Waals surface area (Å²) in [5.41, 5.74) is 1.95. The van der Waals surface area contributed by atoms with Crippen LogP contribution in [0.5, 0.6) is 0 Å². The van der Waals surface area contributed by atoms with Gasteiger partial charge in [-0.2, -0.15) is 9.78 Å². The summed E-state index contributed by atoms with van der Waals surface area (Å²) in [6, 6.07) is 21.2. The monoisotopic (exact) mass is 389 g/mol. The zero-order valence-corrected chi connectivity index (χ0v) is 15.8. The van der Waals surface area contributed by atoms with E-state index in [1.165, 1.54) is 4.68 Å². The predicted molar refractivity (Wildman–Crippen MR) is 111 cm³/mol. The molecule has 0 spiro atoms. The maximum atomic E-state index is 13.0. The fourth-order valence-corrected chi connectivity index (χ4v) is 3.14. The molecule has 0 aliphatic heterocycles. The summed E-state index contributed by atoms with van der Waals surface area (Å²) in [6.07, 6.45) is 0. The number of halogens is 1. The number of carbonyl (C=O) groups excluding carboxylic acids is 1. The number of nitrogens with one attached hydrogen (secondary N) is 1. The third kappa shape index (κ3) is 3.28. The van der Waals surface area contributed by atoms with Crippen molar-refractivity contribution in [3.05, 3.63) is 99.4 Å². The van der Waals surface area contributed by atoms with Gasteiger partial charge in [-0.15, -0.1) is 0 Å². The number of para-hydroxylation sites is 1. The molecule has 28 heavy (non-hydrogen) atoms. The van der Waals surface area contributed by atoms with Crippen LogP contribution >= 0.6 is 11.6 Å². The Hall–Kier alpha value is -3.44. The molecule has 0 saturated heterocycles. The van der Waals surface area contributed by atoms with Crippen molar-refractivity contribution in [1.82, 2.24) is 9.78 Å². The molecule has 0 saturated carbocycles. The SMILES string of the molecule is Cc1ccc(NC(=O)c2nn(-c3ccccc3)c(=O)c3ccccc23)cc1Cl. The molecule has 4 rings (SSSR count). The Labute approximate surface area is 166 Å². The molecule has 0 bridgehead atoms. The quantitative estimate of drug-likeness (QED) is 0.557. The van der Waals surface area contributed by atoms with Gasteiger partial charge in [0.1, 0.15) is 0 Å². The number of hydrogen-bond donors (Lipinski definition) is 1. The second-order valence-electron chi connectivity index (χ2n) is 6.36. The Bertz CT molecular complexity index is 1250. The summed E-state index contributed by atoms with van der Waals surface area (Å²) >= 11 is 6.15. The maximum absolute atomic E-state index is 13.0. The zero-order valence-electron chi connectivity index (χ0n) is 15.0. The van der Waals surface area contributed by atoms with Crippen molar-refractivity contribution >= 4 is 34.0 Å². The first-order valence-electron chi connectivity index (χ1n) is 8.69. The minimum absolute atomic E-state index is 0.163. The lowest BCUT2D eigenvalue weighted by Gasteiger charge is -2.12. The van der Waals surface area contributed by atoms with Crippen LogP contribution in [-0.4, -0.2) is 15.7 Å². The molecule has 1 aromatic heterocycles. The molecule has 1 heterocycles. The second kappa shape index (κ2) is 7.29. The van der Waals surface area contributed by atoms with Crippen LogP contribution in [0.25, 0.3) is 16.5 Å². The summed E-state index contributed by atoms with van der Waals surface area (Å²) < 4.78 is 1.25. The van der Waals surface area contributed by atoms with Crippen LogP contribution in [0.15, 0.2) is 77.6 Å². The lowest BCUT2D eigenvalue weighted by Crippen LogP contribution is -2.26. The van der Waals surface area contributed by atoms with Crippen LogP contribution in [0.3, 0.4) is 0 Å². The van der Waals surface area contributed by atoms with Gasteiger partial charge in [0, 0.05) is 16.1 Å². The van der Waals surface area contributed by atoms with E-state index in [2.05, 4.69) is 10.4 Å². The van der Waals surface area contributed by atoms with Crippen molar-refractivity contribution in [2.24, 2.45) is 0 Å². The highest BCUT2D eigenvalue weighted by molar-refractivity contribution is 6.31. The number of nitrogens with zero attached hydrogens (tertiary/aromatic N) is 2. The highest BCUT2D eigenvalue weighted by atomic mass is 35.5. The first kappa shape index (κ1) is 17.9. The van der Waals surface area contributed by atoms with Gasteiger partial charge in [-0.3, -0.25) is 9.59 Å². The Kier molecular flexibility index (Phi) is 4.67. The van der Waals surface area contributed by atoms with Crippen LogP contribution in [0.1, 0.15) is 16.1 Å². The third-order valence-electron chi connectivity index (χ3n) is 4.45.